The van der Waals surface area contributed by atoms with Crippen molar-refractivity contribution in [2.45, 2.75) is 65.3 Å². The Bertz CT molecular complexity index is 457. The molecule has 2 rings (SSSR count). The first kappa shape index (κ1) is 16.5. The van der Waals surface area contributed by atoms with Crippen LogP contribution in [-0.4, -0.2) is 7.05 Å². The lowest BCUT2D eigenvalue weighted by molar-refractivity contribution is 0.174. The molecule has 0 aliphatic heterocycles. The van der Waals surface area contributed by atoms with Gasteiger partial charge < -0.3 is 5.32 Å². The quantitative estimate of drug-likeness (QED) is 0.793. The molecule has 0 spiro atoms. The molecular formula is C20H33N. The van der Waals surface area contributed by atoms with E-state index in [9.17, 15) is 0 Å². The lowest BCUT2D eigenvalue weighted by atomic mass is 9.70. The van der Waals surface area contributed by atoms with Gasteiger partial charge in [0.25, 0.3) is 0 Å². The van der Waals surface area contributed by atoms with Gasteiger partial charge in [-0.1, -0.05) is 65.3 Å². The minimum Gasteiger partial charge on any atom is -0.313 e. The normalized spacial score (nSPS) is 28.4. The molecule has 1 aliphatic carbocycles. The molecule has 4 unspecified atom stereocenters. The van der Waals surface area contributed by atoms with E-state index < -0.39 is 0 Å². The fourth-order valence-electron chi connectivity index (χ4n) is 3.99. The molecule has 1 saturated carbocycles. The van der Waals surface area contributed by atoms with Crippen molar-refractivity contribution in [1.29, 1.82) is 0 Å². The molecule has 1 heteroatoms. The van der Waals surface area contributed by atoms with Gasteiger partial charge >= 0.3 is 0 Å². The summed E-state index contributed by atoms with van der Waals surface area (Å²) in [7, 11) is 2.13. The van der Waals surface area contributed by atoms with E-state index in [-0.39, 0.29) is 5.41 Å². The summed E-state index contributed by atoms with van der Waals surface area (Å²) in [6, 6.07) is 9.53. The fourth-order valence-corrected chi connectivity index (χ4v) is 3.99. The second-order valence-corrected chi connectivity index (χ2v) is 8.13. The summed E-state index contributed by atoms with van der Waals surface area (Å²) < 4.78 is 0. The molecule has 0 radical (unpaired) electrons. The largest absolute Gasteiger partial charge is 0.313 e. The van der Waals surface area contributed by atoms with Crippen LogP contribution < -0.4 is 5.32 Å². The van der Waals surface area contributed by atoms with Gasteiger partial charge in [-0.15, -0.1) is 0 Å². The van der Waals surface area contributed by atoms with E-state index in [1.54, 1.807) is 0 Å². The predicted octanol–water partition coefficient (Wildman–Crippen LogP) is 5.32. The van der Waals surface area contributed by atoms with Gasteiger partial charge in [-0.2, -0.15) is 0 Å². The van der Waals surface area contributed by atoms with Crippen molar-refractivity contribution in [3.8, 4) is 0 Å². The molecule has 21 heavy (non-hydrogen) atoms. The van der Waals surface area contributed by atoms with Crippen molar-refractivity contribution in [2.24, 2.45) is 17.8 Å². The van der Waals surface area contributed by atoms with E-state index in [0.717, 1.165) is 17.8 Å². The van der Waals surface area contributed by atoms with Crippen molar-refractivity contribution in [3.05, 3.63) is 35.4 Å². The molecule has 0 saturated heterocycles. The molecule has 1 N–H and O–H groups in total. The molecule has 118 valence electrons. The summed E-state index contributed by atoms with van der Waals surface area (Å²) in [5, 5.41) is 3.64. The molecule has 1 fully saturated rings. The maximum atomic E-state index is 3.64. The van der Waals surface area contributed by atoms with Crippen LogP contribution in [0.15, 0.2) is 24.3 Å². The van der Waals surface area contributed by atoms with Crippen molar-refractivity contribution in [1.82, 2.24) is 5.32 Å². The van der Waals surface area contributed by atoms with Crippen molar-refractivity contribution < 1.29 is 0 Å². The maximum absolute atomic E-state index is 3.64. The topological polar surface area (TPSA) is 12.0 Å². The van der Waals surface area contributed by atoms with Crippen LogP contribution in [0.3, 0.4) is 0 Å². The van der Waals surface area contributed by atoms with Crippen LogP contribution in [0, 0.1) is 17.8 Å². The highest BCUT2D eigenvalue weighted by molar-refractivity contribution is 5.35. The number of hydrogen-bond donors (Lipinski definition) is 1. The lowest BCUT2D eigenvalue weighted by Gasteiger charge is -2.38. The van der Waals surface area contributed by atoms with Crippen LogP contribution in [-0.2, 0) is 5.41 Å². The second-order valence-electron chi connectivity index (χ2n) is 8.13. The minimum absolute atomic E-state index is 0.208. The summed E-state index contributed by atoms with van der Waals surface area (Å²) in [6.07, 6.45) is 4.09. The summed E-state index contributed by atoms with van der Waals surface area (Å²) in [4.78, 5) is 0. The number of hydrogen-bond acceptors (Lipinski definition) is 1. The summed E-state index contributed by atoms with van der Waals surface area (Å²) in [6.45, 7) is 11.8. The second kappa shape index (κ2) is 6.52. The minimum atomic E-state index is 0.208. The third-order valence-electron chi connectivity index (χ3n) is 5.53. The molecule has 1 aromatic carbocycles. The smallest absolute Gasteiger partial charge is 0.0349 e. The Morgan fingerprint density at radius 3 is 2.29 bits per heavy atom. The molecule has 1 aromatic rings. The fraction of sp³-hybridized carbons (Fsp3) is 0.700. The highest BCUT2D eigenvalue weighted by Crippen LogP contribution is 2.42. The van der Waals surface area contributed by atoms with Crippen molar-refractivity contribution in [3.63, 3.8) is 0 Å². The standard InChI is InChI=1S/C20H33N/c1-14-11-12-16(13-15(14)2)19(21-6)17-9-7-8-10-18(17)20(3,4)5/h7-10,14-16,19,21H,11-13H2,1-6H3. The summed E-state index contributed by atoms with van der Waals surface area (Å²) >= 11 is 0. The van der Waals surface area contributed by atoms with E-state index in [1.165, 1.54) is 30.4 Å². The van der Waals surface area contributed by atoms with E-state index >= 15 is 0 Å². The molecule has 0 heterocycles. The predicted molar refractivity (Wildman–Crippen MR) is 92.6 cm³/mol. The number of nitrogens with one attached hydrogen (secondary N) is 1. The summed E-state index contributed by atoms with van der Waals surface area (Å²) in [5.74, 6) is 2.50. The highest BCUT2D eigenvalue weighted by atomic mass is 14.9. The Morgan fingerprint density at radius 2 is 1.71 bits per heavy atom. The Labute approximate surface area is 131 Å². The zero-order valence-electron chi connectivity index (χ0n) is 14.7. The van der Waals surface area contributed by atoms with Crippen LogP contribution in [0.4, 0.5) is 0 Å². The average molecular weight is 287 g/mol. The van der Waals surface area contributed by atoms with Crippen LogP contribution in [0.5, 0.6) is 0 Å². The Hall–Kier alpha value is -0.820. The highest BCUT2D eigenvalue weighted by Gasteiger charge is 2.32. The van der Waals surface area contributed by atoms with Gasteiger partial charge in [-0.3, -0.25) is 0 Å². The summed E-state index contributed by atoms with van der Waals surface area (Å²) in [5.41, 5.74) is 3.22. The SMILES string of the molecule is CNC(c1ccccc1C(C)(C)C)C1CCC(C)C(C)C1. The van der Waals surface area contributed by atoms with Gasteiger partial charge in [0, 0.05) is 6.04 Å². The van der Waals surface area contributed by atoms with E-state index in [4.69, 9.17) is 0 Å². The first-order chi connectivity index (χ1) is 9.84. The first-order valence-corrected chi connectivity index (χ1v) is 8.61. The molecule has 1 aliphatic rings. The molecule has 0 aromatic heterocycles. The van der Waals surface area contributed by atoms with Crippen LogP contribution in [0.1, 0.15) is 71.0 Å². The number of benzene rings is 1. The average Bonchev–Trinajstić information content (AvgIpc) is 2.43. The van der Waals surface area contributed by atoms with Crippen LogP contribution in [0.25, 0.3) is 0 Å². The van der Waals surface area contributed by atoms with Crippen LogP contribution >= 0.6 is 0 Å². The maximum Gasteiger partial charge on any atom is 0.0349 e. The van der Waals surface area contributed by atoms with Gasteiger partial charge in [0.05, 0.1) is 0 Å². The zero-order chi connectivity index (χ0) is 15.6. The molecule has 0 bridgehead atoms. The van der Waals surface area contributed by atoms with Gasteiger partial charge in [-0.05, 0) is 54.2 Å². The van der Waals surface area contributed by atoms with E-state index in [2.05, 4.69) is 71.2 Å². The molecule has 1 nitrogen and oxygen atoms in total. The van der Waals surface area contributed by atoms with Gasteiger partial charge in [-0.25, -0.2) is 0 Å². The third kappa shape index (κ3) is 3.69. The van der Waals surface area contributed by atoms with E-state index in [1.807, 2.05) is 0 Å². The lowest BCUT2D eigenvalue weighted by Crippen LogP contribution is -2.33. The molecule has 0 amide bonds. The Kier molecular flexibility index (Phi) is 5.14. The Balaban J connectivity index is 2.30. The van der Waals surface area contributed by atoms with E-state index in [0.29, 0.717) is 6.04 Å². The first-order valence-electron chi connectivity index (χ1n) is 8.61. The monoisotopic (exact) mass is 287 g/mol. The zero-order valence-corrected chi connectivity index (χ0v) is 14.7. The third-order valence-corrected chi connectivity index (χ3v) is 5.53. The number of rotatable bonds is 3. The van der Waals surface area contributed by atoms with Crippen molar-refractivity contribution >= 4 is 0 Å². The van der Waals surface area contributed by atoms with Gasteiger partial charge in [0.15, 0.2) is 0 Å². The molecular weight excluding hydrogens is 254 g/mol. The van der Waals surface area contributed by atoms with Gasteiger partial charge in [0.2, 0.25) is 0 Å². The van der Waals surface area contributed by atoms with Crippen LogP contribution in [0.2, 0.25) is 0 Å². The van der Waals surface area contributed by atoms with Crippen molar-refractivity contribution in [2.75, 3.05) is 7.05 Å². The van der Waals surface area contributed by atoms with Gasteiger partial charge in [0.1, 0.15) is 0 Å². The molecule has 4 atom stereocenters. The Morgan fingerprint density at radius 1 is 1.05 bits per heavy atom.